The van der Waals surface area contributed by atoms with Crippen molar-refractivity contribution < 1.29 is 3.59 Å². The molecule has 0 N–H and O–H groups in total. The van der Waals surface area contributed by atoms with Crippen LogP contribution in [0.2, 0.25) is 0 Å². The summed E-state index contributed by atoms with van der Waals surface area (Å²) in [4.78, 5) is 0. The first-order chi connectivity index (χ1) is 11.3. The molecule has 1 nitrogen and oxygen atoms in total. The minimum atomic E-state index is 1.18. The molecule has 0 radical (unpaired) electrons. The van der Waals surface area contributed by atoms with Crippen LogP contribution in [0.25, 0.3) is 0 Å². The molecule has 0 aromatic carbocycles. The number of hydrogen-bond acceptors (Lipinski definition) is 0. The average Bonchev–Trinajstić information content (AvgIpc) is 2.57. The van der Waals surface area contributed by atoms with Gasteiger partial charge in [0.25, 0.3) is 0 Å². The van der Waals surface area contributed by atoms with E-state index in [1.807, 2.05) is 0 Å². The van der Waals surface area contributed by atoms with Crippen LogP contribution in [0, 0.1) is 0 Å². The zero-order valence-corrected chi connectivity index (χ0v) is 16.8. The van der Waals surface area contributed by atoms with Gasteiger partial charge in [-0.1, -0.05) is 96.5 Å². The maximum Gasteiger partial charge on any atom is 0.331 e. The third-order valence-electron chi connectivity index (χ3n) is 4.68. The fourth-order valence-electron chi connectivity index (χ4n) is 3.15. The number of nitrogens with zero attached hydrogens (tertiary/aromatic N) is 1. The van der Waals surface area contributed by atoms with Crippen molar-refractivity contribution in [2.24, 2.45) is 0 Å². The van der Waals surface area contributed by atoms with E-state index in [-0.39, 0.29) is 0 Å². The Morgan fingerprint density at radius 3 is 1.65 bits per heavy atom. The summed E-state index contributed by atoms with van der Waals surface area (Å²) < 4.78 is 2.06. The van der Waals surface area contributed by atoms with E-state index in [0.717, 1.165) is 0 Å². The highest BCUT2D eigenvalue weighted by atomic mass is 79.9. The van der Waals surface area contributed by atoms with Crippen molar-refractivity contribution in [3.05, 3.63) is 30.1 Å². The molecule has 0 atom stereocenters. The summed E-state index contributed by atoms with van der Waals surface area (Å²) in [6.45, 7) is 2.29. The van der Waals surface area contributed by atoms with Crippen LogP contribution in [0.5, 0.6) is 0 Å². The van der Waals surface area contributed by atoms with Gasteiger partial charge in [0.1, 0.15) is 0 Å². The minimum absolute atomic E-state index is 1.18. The summed E-state index contributed by atoms with van der Waals surface area (Å²) in [6, 6.07) is 6.39. The van der Waals surface area contributed by atoms with E-state index in [4.69, 9.17) is 0 Å². The topological polar surface area (TPSA) is 3.88 Å². The molecule has 1 rings (SSSR count). The highest BCUT2D eigenvalue weighted by Gasteiger charge is 2.05. The molecular weight excluding hydrogens is 346 g/mol. The van der Waals surface area contributed by atoms with Crippen LogP contribution >= 0.6 is 16.1 Å². The molecule has 2 heteroatoms. The summed E-state index contributed by atoms with van der Waals surface area (Å²) in [5.74, 6) is 0. The summed E-state index contributed by atoms with van der Waals surface area (Å²) in [6.07, 6.45) is 23.2. The predicted molar refractivity (Wildman–Crippen MR) is 105 cm³/mol. The molecule has 0 unspecified atom stereocenters. The minimum Gasteiger partial charge on any atom is -0.127 e. The molecule has 0 amide bonds. The quantitative estimate of drug-likeness (QED) is 0.283. The van der Waals surface area contributed by atoms with Crippen molar-refractivity contribution >= 4 is 16.1 Å². The van der Waals surface area contributed by atoms with Gasteiger partial charge in [-0.25, -0.2) is 0 Å². The first-order valence-electron chi connectivity index (χ1n) is 10.0. The van der Waals surface area contributed by atoms with Gasteiger partial charge in [0.2, 0.25) is 0 Å². The lowest BCUT2D eigenvalue weighted by Crippen LogP contribution is -2.24. The van der Waals surface area contributed by atoms with E-state index in [2.05, 4.69) is 51.1 Å². The largest absolute Gasteiger partial charge is 0.331 e. The zero-order chi connectivity index (χ0) is 16.6. The summed E-state index contributed by atoms with van der Waals surface area (Å²) in [7, 11) is 0. The third-order valence-corrected chi connectivity index (χ3v) is 5.37. The number of aryl methyl sites for hydroxylation is 1. The van der Waals surface area contributed by atoms with Crippen LogP contribution in [0.15, 0.2) is 24.4 Å². The van der Waals surface area contributed by atoms with Gasteiger partial charge in [0.15, 0.2) is 11.9 Å². The van der Waals surface area contributed by atoms with Gasteiger partial charge >= 0.3 is 16.1 Å². The Kier molecular flexibility index (Phi) is 13.6. The van der Waals surface area contributed by atoms with Gasteiger partial charge in [-0.05, 0) is 6.42 Å². The Morgan fingerprint density at radius 1 is 0.696 bits per heavy atom. The van der Waals surface area contributed by atoms with Crippen LogP contribution in [0.4, 0.5) is 0 Å². The summed E-state index contributed by atoms with van der Waals surface area (Å²) >= 11 is 3.55. The average molecular weight is 383 g/mol. The highest BCUT2D eigenvalue weighted by molar-refractivity contribution is 9.04. The van der Waals surface area contributed by atoms with E-state index in [1.165, 1.54) is 102 Å². The van der Waals surface area contributed by atoms with Crippen molar-refractivity contribution in [3.8, 4) is 0 Å². The van der Waals surface area contributed by atoms with Crippen molar-refractivity contribution in [2.75, 3.05) is 0 Å². The lowest BCUT2D eigenvalue weighted by molar-refractivity contribution is -0.484. The maximum atomic E-state index is 3.55. The van der Waals surface area contributed by atoms with Gasteiger partial charge in [0.05, 0.1) is 0 Å². The molecule has 132 valence electrons. The molecule has 0 saturated heterocycles. The van der Waals surface area contributed by atoms with E-state index in [9.17, 15) is 0 Å². The van der Waals surface area contributed by atoms with E-state index < -0.39 is 0 Å². The molecule has 0 fully saturated rings. The Labute approximate surface area is 153 Å². The van der Waals surface area contributed by atoms with Gasteiger partial charge in [-0.15, -0.1) is 3.59 Å². The van der Waals surface area contributed by atoms with Crippen molar-refractivity contribution in [2.45, 2.75) is 103 Å². The number of pyridine rings is 1. The second kappa shape index (κ2) is 15.2. The number of unbranched alkanes of at least 4 members (excludes halogenated alkanes) is 13. The second-order valence-electron chi connectivity index (χ2n) is 6.85. The zero-order valence-electron chi connectivity index (χ0n) is 15.2. The Balaban J connectivity index is 1.79. The number of hydrogen-bond donors (Lipinski definition) is 0. The van der Waals surface area contributed by atoms with Crippen LogP contribution in [-0.2, 0) is 6.42 Å². The molecule has 0 saturated carbocycles. The van der Waals surface area contributed by atoms with Crippen molar-refractivity contribution in [3.63, 3.8) is 0 Å². The highest BCUT2D eigenvalue weighted by Crippen LogP contribution is 2.13. The molecule has 1 heterocycles. The molecule has 0 aliphatic carbocycles. The number of rotatable bonds is 15. The van der Waals surface area contributed by atoms with Crippen LogP contribution in [0.3, 0.4) is 0 Å². The van der Waals surface area contributed by atoms with Gasteiger partial charge in [-0.3, -0.25) is 0 Å². The first kappa shape index (κ1) is 20.7. The van der Waals surface area contributed by atoms with E-state index in [1.54, 1.807) is 0 Å². The molecule has 1 aromatic heterocycles. The van der Waals surface area contributed by atoms with Crippen LogP contribution in [-0.4, -0.2) is 0 Å². The molecule has 0 bridgehead atoms. The van der Waals surface area contributed by atoms with Gasteiger partial charge in [-0.2, -0.15) is 0 Å². The standard InChI is InChI=1S/C21H37BrN/c1-2-3-4-5-6-7-8-9-10-11-12-13-14-15-18-21-19-16-17-20-23(21)22/h16-17,19-20H,2-15,18H2,1H3/q+1. The van der Waals surface area contributed by atoms with E-state index >= 15 is 0 Å². The molecular formula is C21H37BrN+. The number of aromatic nitrogens is 1. The van der Waals surface area contributed by atoms with Crippen molar-refractivity contribution in [1.29, 1.82) is 0 Å². The van der Waals surface area contributed by atoms with Gasteiger partial charge in [0, 0.05) is 18.6 Å². The Bertz CT molecular complexity index is 378. The maximum absolute atomic E-state index is 3.55. The second-order valence-corrected chi connectivity index (χ2v) is 7.61. The SMILES string of the molecule is CCCCCCCCCCCCCCCCc1cccc[n+]1Br. The van der Waals surface area contributed by atoms with Crippen molar-refractivity contribution in [1.82, 2.24) is 0 Å². The molecule has 0 aliphatic rings. The third kappa shape index (κ3) is 11.8. The predicted octanol–water partition coefficient (Wildman–Crippen LogP) is 7.16. The van der Waals surface area contributed by atoms with Gasteiger partial charge < -0.3 is 0 Å². The smallest absolute Gasteiger partial charge is 0.127 e. The number of halogens is 1. The molecule has 23 heavy (non-hydrogen) atoms. The first-order valence-corrected chi connectivity index (χ1v) is 10.7. The summed E-state index contributed by atoms with van der Waals surface area (Å²) in [5, 5.41) is 0. The monoisotopic (exact) mass is 382 g/mol. The van der Waals surface area contributed by atoms with Crippen LogP contribution < -0.4 is 3.59 Å². The van der Waals surface area contributed by atoms with Crippen LogP contribution in [0.1, 0.15) is 103 Å². The summed E-state index contributed by atoms with van der Waals surface area (Å²) in [5.41, 5.74) is 1.38. The molecule has 0 aliphatic heterocycles. The molecule has 1 aromatic rings. The fourth-order valence-corrected chi connectivity index (χ4v) is 3.58. The fraction of sp³-hybridized carbons (Fsp3) is 0.762. The normalized spacial score (nSPS) is 11.0. The Hall–Kier alpha value is -0.370. The molecule has 0 spiro atoms. The lowest BCUT2D eigenvalue weighted by atomic mass is 10.0. The lowest BCUT2D eigenvalue weighted by Gasteiger charge is -2.03. The van der Waals surface area contributed by atoms with E-state index in [0.29, 0.717) is 0 Å². The Morgan fingerprint density at radius 2 is 1.17 bits per heavy atom.